The summed E-state index contributed by atoms with van der Waals surface area (Å²) in [6.07, 6.45) is 0.956. The number of amides is 4. The minimum absolute atomic E-state index is 0.137. The summed E-state index contributed by atoms with van der Waals surface area (Å²) in [5, 5.41) is 6.62. The van der Waals surface area contributed by atoms with Crippen LogP contribution < -0.4 is 10.6 Å². The van der Waals surface area contributed by atoms with Gasteiger partial charge in [0.1, 0.15) is 6.04 Å². The van der Waals surface area contributed by atoms with Gasteiger partial charge in [-0.3, -0.25) is 14.5 Å². The van der Waals surface area contributed by atoms with Gasteiger partial charge in [0.25, 0.3) is 5.91 Å². The van der Waals surface area contributed by atoms with Crippen LogP contribution in [0.3, 0.4) is 0 Å². The van der Waals surface area contributed by atoms with E-state index in [9.17, 15) is 14.4 Å². The van der Waals surface area contributed by atoms with Crippen molar-refractivity contribution in [2.45, 2.75) is 38.3 Å². The first-order valence-electron chi connectivity index (χ1n) is 9.76. The molecular weight excluding hydrogens is 425 g/mol. The summed E-state index contributed by atoms with van der Waals surface area (Å²) in [6.45, 7) is 2.23. The molecule has 0 bridgehead atoms. The lowest BCUT2D eigenvalue weighted by molar-refractivity contribution is -0.129. The highest BCUT2D eigenvalue weighted by Crippen LogP contribution is 2.25. The fourth-order valence-corrected chi connectivity index (χ4v) is 3.92. The molecule has 2 unspecified atom stereocenters. The molecule has 0 spiro atoms. The van der Waals surface area contributed by atoms with Crippen LogP contribution in [0.15, 0.2) is 48.5 Å². The number of nitrogens with zero attached hydrogens (tertiary/aromatic N) is 1. The van der Waals surface area contributed by atoms with Gasteiger partial charge in [0, 0.05) is 23.0 Å². The lowest BCUT2D eigenvalue weighted by Crippen LogP contribution is -2.34. The smallest absolute Gasteiger partial charge is 0.325 e. The van der Waals surface area contributed by atoms with Crippen LogP contribution in [0.4, 0.5) is 4.79 Å². The molecular formula is C22H23Cl2N3O3. The Morgan fingerprint density at radius 1 is 1.17 bits per heavy atom. The summed E-state index contributed by atoms with van der Waals surface area (Å²) in [4.78, 5) is 38.4. The number of carbonyl (C=O) groups is 3. The number of urea groups is 1. The van der Waals surface area contributed by atoms with Crippen LogP contribution in [0, 0.1) is 0 Å². The van der Waals surface area contributed by atoms with E-state index in [0.717, 1.165) is 11.1 Å². The summed E-state index contributed by atoms with van der Waals surface area (Å²) in [5.41, 5.74) is 1.77. The van der Waals surface area contributed by atoms with Crippen molar-refractivity contribution in [3.63, 3.8) is 0 Å². The van der Waals surface area contributed by atoms with Gasteiger partial charge in [0.15, 0.2) is 0 Å². The Morgan fingerprint density at radius 3 is 2.60 bits per heavy atom. The Hall–Kier alpha value is -2.57. The molecule has 1 fully saturated rings. The summed E-state index contributed by atoms with van der Waals surface area (Å²) in [7, 11) is 0. The second kappa shape index (κ2) is 9.96. The molecule has 1 heterocycles. The van der Waals surface area contributed by atoms with Gasteiger partial charge in [-0.15, -0.1) is 0 Å². The zero-order valence-electron chi connectivity index (χ0n) is 16.5. The van der Waals surface area contributed by atoms with Crippen LogP contribution in [0.5, 0.6) is 0 Å². The van der Waals surface area contributed by atoms with E-state index in [1.807, 2.05) is 43.3 Å². The Labute approximate surface area is 185 Å². The van der Waals surface area contributed by atoms with Gasteiger partial charge >= 0.3 is 6.03 Å². The van der Waals surface area contributed by atoms with E-state index in [2.05, 4.69) is 10.6 Å². The number of nitrogens with one attached hydrogen (secondary N) is 2. The second-order valence-electron chi connectivity index (χ2n) is 7.17. The molecule has 0 aromatic heterocycles. The lowest BCUT2D eigenvalue weighted by atomic mass is 10.1. The monoisotopic (exact) mass is 447 g/mol. The molecule has 1 aliphatic heterocycles. The maximum Gasteiger partial charge on any atom is 0.325 e. The van der Waals surface area contributed by atoms with Crippen molar-refractivity contribution in [1.82, 2.24) is 15.5 Å². The lowest BCUT2D eigenvalue weighted by Gasteiger charge is -2.21. The molecule has 1 saturated heterocycles. The average Bonchev–Trinajstić information content (AvgIpc) is 3.01. The maximum atomic E-state index is 12.7. The third-order valence-corrected chi connectivity index (χ3v) is 5.70. The van der Waals surface area contributed by atoms with Crippen molar-refractivity contribution in [1.29, 1.82) is 0 Å². The highest BCUT2D eigenvalue weighted by atomic mass is 35.5. The van der Waals surface area contributed by atoms with Gasteiger partial charge in [0.05, 0.1) is 6.04 Å². The minimum atomic E-state index is -0.694. The first kappa shape index (κ1) is 22.1. The number of halogens is 2. The van der Waals surface area contributed by atoms with E-state index in [1.165, 1.54) is 4.90 Å². The highest BCUT2D eigenvalue weighted by Gasteiger charge is 2.40. The molecule has 30 heavy (non-hydrogen) atoms. The van der Waals surface area contributed by atoms with Gasteiger partial charge in [-0.1, -0.05) is 59.6 Å². The summed E-state index contributed by atoms with van der Waals surface area (Å²) >= 11 is 12.0. The third kappa shape index (κ3) is 5.32. The molecule has 158 valence electrons. The molecule has 0 aliphatic carbocycles. The quantitative estimate of drug-likeness (QED) is 0.597. The molecule has 0 radical (unpaired) electrons. The van der Waals surface area contributed by atoms with Crippen LogP contribution >= 0.6 is 23.2 Å². The second-order valence-corrected chi connectivity index (χ2v) is 8.01. The molecule has 4 amide bonds. The van der Waals surface area contributed by atoms with Crippen LogP contribution in [0.1, 0.15) is 36.9 Å². The largest absolute Gasteiger partial charge is 0.356 e. The number of benzene rings is 2. The number of rotatable bonds is 8. The first-order chi connectivity index (χ1) is 14.4. The van der Waals surface area contributed by atoms with Crippen LogP contribution in [0.2, 0.25) is 10.0 Å². The minimum Gasteiger partial charge on any atom is -0.356 e. The highest BCUT2D eigenvalue weighted by molar-refractivity contribution is 6.35. The Balaban J connectivity index is 1.47. The number of carbonyl (C=O) groups excluding carboxylic acids is 3. The van der Waals surface area contributed by atoms with E-state index in [-0.39, 0.29) is 30.7 Å². The third-order valence-electron chi connectivity index (χ3n) is 5.11. The molecule has 2 aromatic rings. The van der Waals surface area contributed by atoms with E-state index in [1.54, 1.807) is 12.1 Å². The van der Waals surface area contributed by atoms with Gasteiger partial charge in [-0.05, 0) is 43.0 Å². The molecule has 2 N–H and O–H groups in total. The zero-order valence-corrected chi connectivity index (χ0v) is 18.0. The molecule has 2 aromatic carbocycles. The Bertz CT molecular complexity index is 936. The topological polar surface area (TPSA) is 78.5 Å². The van der Waals surface area contributed by atoms with E-state index < -0.39 is 12.1 Å². The molecule has 8 heteroatoms. The van der Waals surface area contributed by atoms with Crippen molar-refractivity contribution in [3.8, 4) is 0 Å². The Morgan fingerprint density at radius 2 is 1.90 bits per heavy atom. The van der Waals surface area contributed by atoms with Gasteiger partial charge < -0.3 is 10.6 Å². The van der Waals surface area contributed by atoms with Crippen LogP contribution in [-0.4, -0.2) is 35.3 Å². The fourth-order valence-electron chi connectivity index (χ4n) is 3.42. The Kier molecular flexibility index (Phi) is 7.34. The average molecular weight is 448 g/mol. The van der Waals surface area contributed by atoms with Gasteiger partial charge in [0.2, 0.25) is 5.91 Å². The maximum absolute atomic E-state index is 12.7. The van der Waals surface area contributed by atoms with Crippen molar-refractivity contribution < 1.29 is 14.4 Å². The van der Waals surface area contributed by atoms with Crippen molar-refractivity contribution in [2.24, 2.45) is 0 Å². The van der Waals surface area contributed by atoms with E-state index in [0.29, 0.717) is 23.0 Å². The molecule has 1 aliphatic rings. The summed E-state index contributed by atoms with van der Waals surface area (Å²) in [5.74, 6) is -0.492. The molecule has 6 nitrogen and oxygen atoms in total. The van der Waals surface area contributed by atoms with Gasteiger partial charge in [-0.25, -0.2) is 4.79 Å². The van der Waals surface area contributed by atoms with Crippen LogP contribution in [0.25, 0.3) is 0 Å². The zero-order chi connectivity index (χ0) is 21.7. The molecule has 2 atom stereocenters. The SMILES string of the molecule is CC(c1ccccc1)N1C(=O)NC(CCC(=O)NCCc2ccc(Cl)cc2Cl)C1=O. The van der Waals surface area contributed by atoms with Crippen molar-refractivity contribution in [3.05, 3.63) is 69.7 Å². The standard InChI is InChI=1S/C22H23Cl2N3O3/c1-14(15-5-3-2-4-6-15)27-21(29)19(26-22(27)30)9-10-20(28)25-12-11-16-7-8-17(23)13-18(16)24/h2-8,13-14,19H,9-12H2,1H3,(H,25,28)(H,26,30). The predicted molar refractivity (Wildman–Crippen MR) is 116 cm³/mol. The van der Waals surface area contributed by atoms with Crippen molar-refractivity contribution in [2.75, 3.05) is 6.54 Å². The van der Waals surface area contributed by atoms with E-state index >= 15 is 0 Å². The predicted octanol–water partition coefficient (Wildman–Crippen LogP) is 4.11. The van der Waals surface area contributed by atoms with Crippen LogP contribution in [-0.2, 0) is 16.0 Å². The normalized spacial score (nSPS) is 17.0. The summed E-state index contributed by atoms with van der Waals surface area (Å²) < 4.78 is 0. The summed E-state index contributed by atoms with van der Waals surface area (Å²) in [6, 6.07) is 13.1. The molecule has 3 rings (SSSR count). The van der Waals surface area contributed by atoms with Crippen molar-refractivity contribution >= 4 is 41.0 Å². The fraction of sp³-hybridized carbons (Fsp3) is 0.318. The van der Waals surface area contributed by atoms with E-state index in [4.69, 9.17) is 23.2 Å². The first-order valence-corrected chi connectivity index (χ1v) is 10.5. The number of imide groups is 1. The van der Waals surface area contributed by atoms with Gasteiger partial charge in [-0.2, -0.15) is 0 Å². The molecule has 0 saturated carbocycles. The number of hydrogen-bond acceptors (Lipinski definition) is 3. The number of hydrogen-bond donors (Lipinski definition) is 2.